The van der Waals surface area contributed by atoms with E-state index in [4.69, 9.17) is 4.74 Å². The van der Waals surface area contributed by atoms with Gasteiger partial charge in [0, 0.05) is 18.3 Å². The maximum Gasteiger partial charge on any atom is 0.337 e. The van der Waals surface area contributed by atoms with Crippen LogP contribution in [-0.4, -0.2) is 28.8 Å². The molecule has 0 spiro atoms. The summed E-state index contributed by atoms with van der Waals surface area (Å²) in [7, 11) is 1.33. The summed E-state index contributed by atoms with van der Waals surface area (Å²) in [5, 5.41) is 7.20. The molecule has 0 saturated heterocycles. The van der Waals surface area contributed by atoms with Crippen LogP contribution >= 0.6 is 0 Å². The number of aromatic nitrogens is 2. The molecule has 0 unspecified atom stereocenters. The van der Waals surface area contributed by atoms with Crippen LogP contribution in [0.1, 0.15) is 27.9 Å². The highest BCUT2D eigenvalue weighted by atomic mass is 16.5. The SMILES string of the molecule is COC(=O)c1ccc(C)c(NC(=O)CCc2cnn(-c3ccccc3)c2)c1. The third kappa shape index (κ3) is 4.61. The van der Waals surface area contributed by atoms with Crippen LogP contribution in [-0.2, 0) is 16.0 Å². The Bertz CT molecular complexity index is 948. The molecule has 2 aromatic carbocycles. The molecule has 1 N–H and O–H groups in total. The van der Waals surface area contributed by atoms with Gasteiger partial charge < -0.3 is 10.1 Å². The zero-order chi connectivity index (χ0) is 19.2. The van der Waals surface area contributed by atoms with E-state index in [1.807, 2.05) is 43.5 Å². The number of anilines is 1. The summed E-state index contributed by atoms with van der Waals surface area (Å²) in [6.45, 7) is 1.88. The summed E-state index contributed by atoms with van der Waals surface area (Å²) in [5.41, 5.74) is 3.86. The minimum absolute atomic E-state index is 0.118. The number of hydrogen-bond acceptors (Lipinski definition) is 4. The van der Waals surface area contributed by atoms with Gasteiger partial charge in [-0.1, -0.05) is 24.3 Å². The fourth-order valence-corrected chi connectivity index (χ4v) is 2.68. The molecule has 0 aliphatic rings. The Kier molecular flexibility index (Phi) is 5.66. The highest BCUT2D eigenvalue weighted by Crippen LogP contribution is 2.18. The van der Waals surface area contributed by atoms with Crippen molar-refractivity contribution < 1.29 is 14.3 Å². The maximum atomic E-state index is 12.3. The van der Waals surface area contributed by atoms with Gasteiger partial charge in [-0.05, 0) is 48.7 Å². The maximum absolute atomic E-state index is 12.3. The molecule has 6 heteroatoms. The molecule has 0 radical (unpaired) electrons. The number of methoxy groups -OCH3 is 1. The lowest BCUT2D eigenvalue weighted by molar-refractivity contribution is -0.116. The van der Waals surface area contributed by atoms with E-state index in [1.54, 1.807) is 29.1 Å². The first-order valence-corrected chi connectivity index (χ1v) is 8.64. The van der Waals surface area contributed by atoms with Gasteiger partial charge in [-0.3, -0.25) is 4.79 Å². The van der Waals surface area contributed by atoms with Crippen molar-refractivity contribution in [3.63, 3.8) is 0 Å². The molecule has 0 saturated carbocycles. The van der Waals surface area contributed by atoms with E-state index in [1.165, 1.54) is 7.11 Å². The van der Waals surface area contributed by atoms with Crippen molar-refractivity contribution >= 4 is 17.6 Å². The third-order valence-corrected chi connectivity index (χ3v) is 4.23. The number of carbonyl (C=O) groups excluding carboxylic acids is 2. The van der Waals surface area contributed by atoms with E-state index in [9.17, 15) is 9.59 Å². The number of amides is 1. The minimum atomic E-state index is -0.432. The van der Waals surface area contributed by atoms with Gasteiger partial charge in [0.25, 0.3) is 0 Å². The first-order chi connectivity index (χ1) is 13.1. The van der Waals surface area contributed by atoms with Crippen molar-refractivity contribution in [2.24, 2.45) is 0 Å². The highest BCUT2D eigenvalue weighted by Gasteiger charge is 2.11. The van der Waals surface area contributed by atoms with Crippen molar-refractivity contribution in [2.75, 3.05) is 12.4 Å². The number of nitrogens with zero attached hydrogens (tertiary/aromatic N) is 2. The molecular weight excluding hydrogens is 342 g/mol. The predicted octanol–water partition coefficient (Wildman–Crippen LogP) is 3.54. The van der Waals surface area contributed by atoms with E-state index >= 15 is 0 Å². The zero-order valence-corrected chi connectivity index (χ0v) is 15.3. The van der Waals surface area contributed by atoms with Crippen LogP contribution in [0.2, 0.25) is 0 Å². The predicted molar refractivity (Wildman–Crippen MR) is 103 cm³/mol. The lowest BCUT2D eigenvalue weighted by Gasteiger charge is -2.10. The molecule has 6 nitrogen and oxygen atoms in total. The molecule has 1 heterocycles. The molecule has 3 aromatic rings. The summed E-state index contributed by atoms with van der Waals surface area (Å²) in [6, 6.07) is 14.9. The molecule has 3 rings (SSSR count). The number of aryl methyl sites for hydroxylation is 2. The van der Waals surface area contributed by atoms with Crippen molar-refractivity contribution in [2.45, 2.75) is 19.8 Å². The van der Waals surface area contributed by atoms with Crippen LogP contribution in [0.15, 0.2) is 60.9 Å². The van der Waals surface area contributed by atoms with Crippen molar-refractivity contribution in [1.29, 1.82) is 0 Å². The number of hydrogen-bond donors (Lipinski definition) is 1. The van der Waals surface area contributed by atoms with Crippen LogP contribution in [0, 0.1) is 6.92 Å². The number of benzene rings is 2. The van der Waals surface area contributed by atoms with Gasteiger partial charge in [0.05, 0.1) is 24.6 Å². The van der Waals surface area contributed by atoms with Crippen molar-refractivity contribution in [3.8, 4) is 5.69 Å². The lowest BCUT2D eigenvalue weighted by Crippen LogP contribution is -2.14. The Hall–Kier alpha value is -3.41. The van der Waals surface area contributed by atoms with Gasteiger partial charge in [0.2, 0.25) is 5.91 Å². The highest BCUT2D eigenvalue weighted by molar-refractivity contribution is 5.95. The molecule has 1 aromatic heterocycles. The van der Waals surface area contributed by atoms with E-state index in [0.29, 0.717) is 24.1 Å². The van der Waals surface area contributed by atoms with E-state index in [2.05, 4.69) is 10.4 Å². The topological polar surface area (TPSA) is 73.2 Å². The Labute approximate surface area is 157 Å². The summed E-state index contributed by atoms with van der Waals surface area (Å²) in [6.07, 6.45) is 4.59. The number of ether oxygens (including phenoxy) is 1. The van der Waals surface area contributed by atoms with Crippen molar-refractivity contribution in [1.82, 2.24) is 9.78 Å². The number of para-hydroxylation sites is 1. The first-order valence-electron chi connectivity index (χ1n) is 8.64. The number of carbonyl (C=O) groups is 2. The summed E-state index contributed by atoms with van der Waals surface area (Å²) >= 11 is 0. The third-order valence-electron chi connectivity index (χ3n) is 4.23. The standard InChI is InChI=1S/C21H21N3O3/c1-15-8-10-17(21(26)27-2)12-19(15)23-20(25)11-9-16-13-22-24(14-16)18-6-4-3-5-7-18/h3-8,10,12-14H,9,11H2,1-2H3,(H,23,25). The van der Waals surface area contributed by atoms with E-state index in [-0.39, 0.29) is 5.91 Å². The molecule has 138 valence electrons. The Morgan fingerprint density at radius 3 is 2.67 bits per heavy atom. The molecule has 0 aliphatic heterocycles. The lowest BCUT2D eigenvalue weighted by atomic mass is 10.1. The Balaban J connectivity index is 1.61. The van der Waals surface area contributed by atoms with Crippen LogP contribution in [0.25, 0.3) is 5.69 Å². The summed E-state index contributed by atoms with van der Waals surface area (Å²) in [4.78, 5) is 24.0. The largest absolute Gasteiger partial charge is 0.465 e. The van der Waals surface area contributed by atoms with Gasteiger partial charge in [-0.15, -0.1) is 0 Å². The molecular formula is C21H21N3O3. The molecule has 0 atom stereocenters. The van der Waals surface area contributed by atoms with Crippen molar-refractivity contribution in [3.05, 3.63) is 77.6 Å². The van der Waals surface area contributed by atoms with E-state index in [0.717, 1.165) is 16.8 Å². The Morgan fingerprint density at radius 2 is 1.93 bits per heavy atom. The van der Waals surface area contributed by atoms with Gasteiger partial charge in [-0.25, -0.2) is 9.48 Å². The summed E-state index contributed by atoms with van der Waals surface area (Å²) in [5.74, 6) is -0.550. The normalized spacial score (nSPS) is 10.4. The molecule has 0 fully saturated rings. The van der Waals surface area contributed by atoms with E-state index < -0.39 is 5.97 Å². The number of rotatable bonds is 6. The molecule has 27 heavy (non-hydrogen) atoms. The smallest absolute Gasteiger partial charge is 0.337 e. The van der Waals surface area contributed by atoms with Gasteiger partial charge >= 0.3 is 5.97 Å². The van der Waals surface area contributed by atoms with Crippen LogP contribution in [0.5, 0.6) is 0 Å². The average Bonchev–Trinajstić information content (AvgIpc) is 3.17. The monoisotopic (exact) mass is 363 g/mol. The minimum Gasteiger partial charge on any atom is -0.465 e. The van der Waals surface area contributed by atoms with Gasteiger partial charge in [0.1, 0.15) is 0 Å². The average molecular weight is 363 g/mol. The molecule has 0 bridgehead atoms. The fourth-order valence-electron chi connectivity index (χ4n) is 2.68. The quantitative estimate of drug-likeness (QED) is 0.680. The second kappa shape index (κ2) is 8.31. The molecule has 1 amide bonds. The van der Waals surface area contributed by atoms with Crippen LogP contribution in [0.3, 0.4) is 0 Å². The van der Waals surface area contributed by atoms with Crippen LogP contribution < -0.4 is 5.32 Å². The first kappa shape index (κ1) is 18.4. The van der Waals surface area contributed by atoms with Gasteiger partial charge in [0.15, 0.2) is 0 Å². The second-order valence-electron chi connectivity index (χ2n) is 6.20. The van der Waals surface area contributed by atoms with Crippen LogP contribution in [0.4, 0.5) is 5.69 Å². The van der Waals surface area contributed by atoms with Gasteiger partial charge in [-0.2, -0.15) is 5.10 Å². The number of nitrogens with one attached hydrogen (secondary N) is 1. The summed E-state index contributed by atoms with van der Waals surface area (Å²) < 4.78 is 6.51. The Morgan fingerprint density at radius 1 is 1.15 bits per heavy atom. The zero-order valence-electron chi connectivity index (χ0n) is 15.3. The second-order valence-corrected chi connectivity index (χ2v) is 6.20. The number of esters is 1. The molecule has 0 aliphatic carbocycles. The fraction of sp³-hybridized carbons (Fsp3) is 0.190.